The average molecular weight is 311 g/mol. The number of hydrogen-bond donors (Lipinski definition) is 1. The van der Waals surface area contributed by atoms with E-state index < -0.39 is 0 Å². The van der Waals surface area contributed by atoms with E-state index in [0.717, 1.165) is 28.5 Å². The third-order valence-corrected chi connectivity index (χ3v) is 4.43. The Balaban J connectivity index is 1.72. The quantitative estimate of drug-likeness (QED) is 0.890. The number of carbonyl (C=O) groups excluding carboxylic acids is 1. The van der Waals surface area contributed by atoms with E-state index >= 15 is 0 Å². The van der Waals surface area contributed by atoms with E-state index in [9.17, 15) is 4.79 Å². The average Bonchev–Trinajstić information content (AvgIpc) is 3.23. The van der Waals surface area contributed by atoms with Crippen molar-refractivity contribution in [3.63, 3.8) is 0 Å². The number of halogens is 1. The van der Waals surface area contributed by atoms with Gasteiger partial charge in [-0.05, 0) is 66.4 Å². The first-order chi connectivity index (χ1) is 8.69. The molecule has 3 rings (SSSR count). The number of aryl methyl sites for hydroxylation is 1. The van der Waals surface area contributed by atoms with E-state index in [1.807, 2.05) is 16.8 Å². The van der Waals surface area contributed by atoms with Crippen LogP contribution in [0.5, 0.6) is 0 Å². The molecule has 98 valence electrons. The van der Waals surface area contributed by atoms with E-state index in [1.54, 1.807) is 0 Å². The summed E-state index contributed by atoms with van der Waals surface area (Å²) in [4.78, 5) is 12.4. The largest absolute Gasteiger partial charge is 0.347 e. The maximum Gasteiger partial charge on any atom is 0.268 e. The van der Waals surface area contributed by atoms with Crippen molar-refractivity contribution < 1.29 is 4.79 Å². The summed E-state index contributed by atoms with van der Waals surface area (Å²) in [5.41, 5.74) is 0.774. The SMILES string of the molecule is CCn1cc(Br)cc1C(=O)NC(C1CC1)C1CC1. The fourth-order valence-corrected chi connectivity index (χ4v) is 3.15. The summed E-state index contributed by atoms with van der Waals surface area (Å²) in [6, 6.07) is 2.34. The first kappa shape index (κ1) is 12.3. The Morgan fingerprint density at radius 2 is 2.06 bits per heavy atom. The lowest BCUT2D eigenvalue weighted by molar-refractivity contribution is 0.0917. The van der Waals surface area contributed by atoms with E-state index in [0.29, 0.717) is 6.04 Å². The van der Waals surface area contributed by atoms with Crippen molar-refractivity contribution in [3.8, 4) is 0 Å². The van der Waals surface area contributed by atoms with Crippen LogP contribution in [0.15, 0.2) is 16.7 Å². The van der Waals surface area contributed by atoms with Gasteiger partial charge in [-0.3, -0.25) is 4.79 Å². The standard InChI is InChI=1S/C14H19BrN2O/c1-2-17-8-11(15)7-12(17)14(18)16-13(9-3-4-9)10-5-6-10/h7-10,13H,2-6H2,1H3,(H,16,18). The Hall–Kier alpha value is -0.770. The molecule has 0 bridgehead atoms. The molecule has 2 fully saturated rings. The molecule has 1 amide bonds. The monoisotopic (exact) mass is 310 g/mol. The molecule has 2 aliphatic carbocycles. The lowest BCUT2D eigenvalue weighted by Crippen LogP contribution is -2.38. The van der Waals surface area contributed by atoms with Gasteiger partial charge in [-0.15, -0.1) is 0 Å². The summed E-state index contributed by atoms with van der Waals surface area (Å²) < 4.78 is 2.97. The van der Waals surface area contributed by atoms with E-state index in [4.69, 9.17) is 0 Å². The zero-order valence-corrected chi connectivity index (χ0v) is 12.2. The lowest BCUT2D eigenvalue weighted by atomic mass is 10.1. The molecule has 0 spiro atoms. The maximum absolute atomic E-state index is 12.4. The van der Waals surface area contributed by atoms with Crippen molar-refractivity contribution in [1.82, 2.24) is 9.88 Å². The van der Waals surface area contributed by atoms with Gasteiger partial charge in [0.15, 0.2) is 0 Å². The Morgan fingerprint density at radius 1 is 1.44 bits per heavy atom. The number of amides is 1. The number of rotatable bonds is 5. The second kappa shape index (κ2) is 4.72. The number of carbonyl (C=O) groups is 1. The van der Waals surface area contributed by atoms with Crippen LogP contribution in [0.4, 0.5) is 0 Å². The van der Waals surface area contributed by atoms with Crippen LogP contribution in [-0.2, 0) is 6.54 Å². The van der Waals surface area contributed by atoms with Crippen LogP contribution < -0.4 is 5.32 Å². The number of nitrogens with one attached hydrogen (secondary N) is 1. The molecule has 0 atom stereocenters. The van der Waals surface area contributed by atoms with E-state index in [2.05, 4.69) is 28.2 Å². The zero-order valence-electron chi connectivity index (χ0n) is 10.7. The van der Waals surface area contributed by atoms with E-state index in [1.165, 1.54) is 25.7 Å². The predicted molar refractivity (Wildman–Crippen MR) is 74.5 cm³/mol. The highest BCUT2D eigenvalue weighted by Gasteiger charge is 2.42. The molecule has 1 heterocycles. The van der Waals surface area contributed by atoms with Crippen LogP contribution in [-0.4, -0.2) is 16.5 Å². The highest BCUT2D eigenvalue weighted by molar-refractivity contribution is 9.10. The molecule has 2 saturated carbocycles. The minimum atomic E-state index is 0.0892. The summed E-state index contributed by atoms with van der Waals surface area (Å²) in [5, 5.41) is 3.26. The van der Waals surface area contributed by atoms with Gasteiger partial charge in [0.1, 0.15) is 5.69 Å². The second-order valence-corrected chi connectivity index (χ2v) is 6.42. The van der Waals surface area contributed by atoms with E-state index in [-0.39, 0.29) is 5.91 Å². The molecule has 2 aliphatic rings. The number of aromatic nitrogens is 1. The third kappa shape index (κ3) is 2.48. The van der Waals surface area contributed by atoms with Gasteiger partial charge in [-0.25, -0.2) is 0 Å². The topological polar surface area (TPSA) is 34.0 Å². The molecular weight excluding hydrogens is 292 g/mol. The summed E-state index contributed by atoms with van der Waals surface area (Å²) in [7, 11) is 0. The molecule has 1 aromatic heterocycles. The van der Waals surface area contributed by atoms with Crippen LogP contribution >= 0.6 is 15.9 Å². The Morgan fingerprint density at radius 3 is 2.56 bits per heavy atom. The number of hydrogen-bond acceptors (Lipinski definition) is 1. The molecule has 18 heavy (non-hydrogen) atoms. The molecule has 4 heteroatoms. The van der Waals surface area contributed by atoms with Gasteiger partial charge >= 0.3 is 0 Å². The van der Waals surface area contributed by atoms with Crippen molar-refractivity contribution in [2.45, 2.75) is 45.2 Å². The number of nitrogens with zero attached hydrogens (tertiary/aromatic N) is 1. The second-order valence-electron chi connectivity index (χ2n) is 5.50. The fourth-order valence-electron chi connectivity index (χ4n) is 2.68. The van der Waals surface area contributed by atoms with Gasteiger partial charge in [0.05, 0.1) is 0 Å². The molecular formula is C14H19BrN2O. The van der Waals surface area contributed by atoms with Crippen LogP contribution in [0.3, 0.4) is 0 Å². The van der Waals surface area contributed by atoms with Gasteiger partial charge in [0.25, 0.3) is 5.91 Å². The van der Waals surface area contributed by atoms with Gasteiger partial charge in [0, 0.05) is 23.3 Å². The first-order valence-electron chi connectivity index (χ1n) is 6.85. The molecule has 1 aromatic rings. The van der Waals surface area contributed by atoms with Crippen molar-refractivity contribution in [1.29, 1.82) is 0 Å². The third-order valence-electron chi connectivity index (χ3n) is 3.99. The maximum atomic E-state index is 12.4. The van der Waals surface area contributed by atoms with Crippen molar-refractivity contribution in [2.24, 2.45) is 11.8 Å². The molecule has 0 radical (unpaired) electrons. The van der Waals surface area contributed by atoms with Gasteiger partial charge in [0.2, 0.25) is 0 Å². The highest BCUT2D eigenvalue weighted by atomic mass is 79.9. The molecule has 1 N–H and O–H groups in total. The minimum Gasteiger partial charge on any atom is -0.347 e. The predicted octanol–water partition coefficient (Wildman–Crippen LogP) is 3.19. The summed E-state index contributed by atoms with van der Waals surface area (Å²) in [6.45, 7) is 2.88. The van der Waals surface area contributed by atoms with Gasteiger partial charge in [-0.2, -0.15) is 0 Å². The summed E-state index contributed by atoms with van der Waals surface area (Å²) >= 11 is 3.44. The summed E-state index contributed by atoms with van der Waals surface area (Å²) in [6.07, 6.45) is 7.14. The Bertz CT molecular complexity index is 448. The fraction of sp³-hybridized carbons (Fsp3) is 0.643. The smallest absolute Gasteiger partial charge is 0.268 e. The van der Waals surface area contributed by atoms with Crippen LogP contribution in [0.1, 0.15) is 43.1 Å². The summed E-state index contributed by atoms with van der Waals surface area (Å²) in [5.74, 6) is 1.58. The zero-order chi connectivity index (χ0) is 12.7. The van der Waals surface area contributed by atoms with Crippen LogP contribution in [0.2, 0.25) is 0 Å². The highest BCUT2D eigenvalue weighted by Crippen LogP contribution is 2.44. The lowest BCUT2D eigenvalue weighted by Gasteiger charge is -2.18. The van der Waals surface area contributed by atoms with Crippen LogP contribution in [0.25, 0.3) is 0 Å². The molecule has 0 aromatic carbocycles. The van der Waals surface area contributed by atoms with Gasteiger partial charge < -0.3 is 9.88 Å². The Kier molecular flexibility index (Phi) is 3.22. The molecule has 3 nitrogen and oxygen atoms in total. The minimum absolute atomic E-state index is 0.0892. The van der Waals surface area contributed by atoms with Gasteiger partial charge in [-0.1, -0.05) is 0 Å². The molecule has 0 aliphatic heterocycles. The van der Waals surface area contributed by atoms with Crippen LogP contribution in [0, 0.1) is 11.8 Å². The van der Waals surface area contributed by atoms with Crippen molar-refractivity contribution in [2.75, 3.05) is 0 Å². The van der Waals surface area contributed by atoms with Crippen molar-refractivity contribution in [3.05, 3.63) is 22.4 Å². The normalized spacial score (nSPS) is 19.3. The Labute approximate surface area is 116 Å². The molecule has 0 saturated heterocycles. The van der Waals surface area contributed by atoms with Crippen molar-refractivity contribution >= 4 is 21.8 Å². The molecule has 0 unspecified atom stereocenters. The first-order valence-corrected chi connectivity index (χ1v) is 7.65.